The van der Waals surface area contributed by atoms with E-state index in [0.29, 0.717) is 0 Å². The maximum absolute atomic E-state index is 5.37. The summed E-state index contributed by atoms with van der Waals surface area (Å²) in [5, 5.41) is 4.86. The van der Waals surface area contributed by atoms with Crippen LogP contribution in [-0.4, -0.2) is 48.8 Å². The molecule has 3 rings (SSSR count). The van der Waals surface area contributed by atoms with Crippen molar-refractivity contribution in [1.82, 2.24) is 15.2 Å². The maximum Gasteiger partial charge on any atom is 0.0944 e. The average Bonchev–Trinajstić information content (AvgIpc) is 3.19. The third-order valence-electron chi connectivity index (χ3n) is 3.81. The lowest BCUT2D eigenvalue weighted by Gasteiger charge is -2.25. The molecule has 0 aromatic carbocycles. The number of hydrogen-bond acceptors (Lipinski definition) is 5. The molecule has 5 heteroatoms. The van der Waals surface area contributed by atoms with Gasteiger partial charge in [-0.3, -0.25) is 4.90 Å². The smallest absolute Gasteiger partial charge is 0.0944 e. The molecule has 1 saturated carbocycles. The van der Waals surface area contributed by atoms with Crippen LogP contribution in [0.1, 0.15) is 28.4 Å². The highest BCUT2D eigenvalue weighted by atomic mass is 32.1. The van der Waals surface area contributed by atoms with Crippen LogP contribution < -0.4 is 5.32 Å². The molecule has 0 unspecified atom stereocenters. The molecule has 0 spiro atoms. The zero-order valence-corrected chi connectivity index (χ0v) is 12.5. The van der Waals surface area contributed by atoms with Crippen LogP contribution in [0.5, 0.6) is 0 Å². The van der Waals surface area contributed by atoms with Gasteiger partial charge in [-0.1, -0.05) is 0 Å². The summed E-state index contributed by atoms with van der Waals surface area (Å²) in [7, 11) is 0. The summed E-state index contributed by atoms with van der Waals surface area (Å²) < 4.78 is 5.37. The molecule has 1 aromatic rings. The van der Waals surface area contributed by atoms with E-state index in [1.807, 2.05) is 11.3 Å². The minimum Gasteiger partial charge on any atom is -0.379 e. The molecule has 1 aromatic heterocycles. The minimum atomic E-state index is 0.776. The zero-order chi connectivity index (χ0) is 13.1. The van der Waals surface area contributed by atoms with E-state index in [1.54, 1.807) is 0 Å². The first kappa shape index (κ1) is 13.5. The second-order valence-electron chi connectivity index (χ2n) is 5.48. The Morgan fingerprint density at radius 1 is 1.37 bits per heavy atom. The average molecular weight is 281 g/mol. The predicted molar refractivity (Wildman–Crippen MR) is 77.7 cm³/mol. The van der Waals surface area contributed by atoms with Crippen molar-refractivity contribution in [3.63, 3.8) is 0 Å². The number of morpholine rings is 1. The fourth-order valence-corrected chi connectivity index (χ4v) is 3.37. The van der Waals surface area contributed by atoms with Gasteiger partial charge in [0.15, 0.2) is 0 Å². The Morgan fingerprint density at radius 3 is 2.89 bits per heavy atom. The van der Waals surface area contributed by atoms with Gasteiger partial charge >= 0.3 is 0 Å². The van der Waals surface area contributed by atoms with Crippen LogP contribution in [-0.2, 0) is 17.7 Å². The zero-order valence-electron chi connectivity index (χ0n) is 11.7. The van der Waals surface area contributed by atoms with Gasteiger partial charge in [0.05, 0.1) is 23.9 Å². The van der Waals surface area contributed by atoms with Gasteiger partial charge in [-0.2, -0.15) is 0 Å². The molecule has 1 N–H and O–H groups in total. The van der Waals surface area contributed by atoms with E-state index >= 15 is 0 Å². The lowest BCUT2D eigenvalue weighted by atomic mass is 10.3. The standard InChI is InChI=1S/C14H23N3OS/c1-11-13(10-15-12-2-3-12)19-14(16-11)4-5-17-6-8-18-9-7-17/h12,15H,2-10H2,1H3. The van der Waals surface area contributed by atoms with Crippen molar-refractivity contribution in [2.45, 2.75) is 38.8 Å². The van der Waals surface area contributed by atoms with Crippen molar-refractivity contribution < 1.29 is 4.74 Å². The number of thiazole rings is 1. The number of nitrogens with zero attached hydrogens (tertiary/aromatic N) is 2. The molecule has 2 aliphatic rings. The third-order valence-corrected chi connectivity index (χ3v) is 5.03. The number of aromatic nitrogens is 1. The van der Waals surface area contributed by atoms with E-state index in [9.17, 15) is 0 Å². The monoisotopic (exact) mass is 281 g/mol. The first-order valence-corrected chi connectivity index (χ1v) is 8.11. The first-order chi connectivity index (χ1) is 9.31. The van der Waals surface area contributed by atoms with Gasteiger partial charge < -0.3 is 10.1 Å². The number of rotatable bonds is 6. The van der Waals surface area contributed by atoms with Crippen molar-refractivity contribution in [1.29, 1.82) is 0 Å². The Bertz CT molecular complexity index is 411. The highest BCUT2D eigenvalue weighted by molar-refractivity contribution is 7.11. The molecule has 19 heavy (non-hydrogen) atoms. The van der Waals surface area contributed by atoms with Crippen LogP contribution >= 0.6 is 11.3 Å². The highest BCUT2D eigenvalue weighted by Gasteiger charge is 2.21. The molecule has 106 valence electrons. The second-order valence-corrected chi connectivity index (χ2v) is 6.64. The summed E-state index contributed by atoms with van der Waals surface area (Å²) in [6, 6.07) is 0.776. The van der Waals surface area contributed by atoms with E-state index in [1.165, 1.54) is 28.4 Å². The quantitative estimate of drug-likeness (QED) is 0.859. The Balaban J connectivity index is 1.48. The Hall–Kier alpha value is -0.490. The van der Waals surface area contributed by atoms with Crippen LogP contribution in [0, 0.1) is 6.92 Å². The lowest BCUT2D eigenvalue weighted by molar-refractivity contribution is 0.0384. The van der Waals surface area contributed by atoms with Crippen molar-refractivity contribution in [3.8, 4) is 0 Å². The van der Waals surface area contributed by atoms with Gasteiger partial charge in [0.25, 0.3) is 0 Å². The largest absolute Gasteiger partial charge is 0.379 e. The fraction of sp³-hybridized carbons (Fsp3) is 0.786. The summed E-state index contributed by atoms with van der Waals surface area (Å²) in [5.41, 5.74) is 1.22. The fourth-order valence-electron chi connectivity index (χ4n) is 2.36. The summed E-state index contributed by atoms with van der Waals surface area (Å²) in [6.45, 7) is 8.16. The number of ether oxygens (including phenoxy) is 1. The van der Waals surface area contributed by atoms with Gasteiger partial charge in [0, 0.05) is 43.5 Å². The number of aryl methyl sites for hydroxylation is 1. The van der Waals surface area contributed by atoms with E-state index in [4.69, 9.17) is 9.72 Å². The van der Waals surface area contributed by atoms with Gasteiger partial charge in [-0.25, -0.2) is 4.98 Å². The Morgan fingerprint density at radius 2 is 2.16 bits per heavy atom. The molecule has 0 atom stereocenters. The van der Waals surface area contributed by atoms with Crippen LogP contribution in [0.2, 0.25) is 0 Å². The molecule has 1 aliphatic heterocycles. The van der Waals surface area contributed by atoms with Crippen LogP contribution in [0.25, 0.3) is 0 Å². The van der Waals surface area contributed by atoms with Gasteiger partial charge in [0.1, 0.15) is 0 Å². The highest BCUT2D eigenvalue weighted by Crippen LogP contribution is 2.23. The molecule has 4 nitrogen and oxygen atoms in total. The summed E-state index contributed by atoms with van der Waals surface area (Å²) in [4.78, 5) is 8.61. The van der Waals surface area contributed by atoms with E-state index < -0.39 is 0 Å². The van der Waals surface area contributed by atoms with E-state index in [-0.39, 0.29) is 0 Å². The SMILES string of the molecule is Cc1nc(CCN2CCOCC2)sc1CNC1CC1. The van der Waals surface area contributed by atoms with Crippen LogP contribution in [0.3, 0.4) is 0 Å². The molecule has 1 aliphatic carbocycles. The predicted octanol–water partition coefficient (Wildman–Crippen LogP) is 1.58. The van der Waals surface area contributed by atoms with Crippen molar-refractivity contribution in [2.24, 2.45) is 0 Å². The Kier molecular flexibility index (Phi) is 4.48. The van der Waals surface area contributed by atoms with Gasteiger partial charge in [-0.05, 0) is 19.8 Å². The van der Waals surface area contributed by atoms with E-state index in [0.717, 1.165) is 51.9 Å². The van der Waals surface area contributed by atoms with Crippen molar-refractivity contribution >= 4 is 11.3 Å². The summed E-state index contributed by atoms with van der Waals surface area (Å²) in [5.74, 6) is 0. The molecule has 1 saturated heterocycles. The topological polar surface area (TPSA) is 37.4 Å². The molecular weight excluding hydrogens is 258 g/mol. The van der Waals surface area contributed by atoms with Gasteiger partial charge in [0.2, 0.25) is 0 Å². The first-order valence-electron chi connectivity index (χ1n) is 7.30. The molecule has 0 bridgehead atoms. The molecule has 0 amide bonds. The number of hydrogen-bond donors (Lipinski definition) is 1. The normalized spacial score (nSPS) is 20.9. The molecular formula is C14H23N3OS. The lowest BCUT2D eigenvalue weighted by Crippen LogP contribution is -2.37. The summed E-state index contributed by atoms with van der Waals surface area (Å²) in [6.07, 6.45) is 3.78. The van der Waals surface area contributed by atoms with E-state index in [2.05, 4.69) is 17.1 Å². The molecule has 2 fully saturated rings. The van der Waals surface area contributed by atoms with Crippen molar-refractivity contribution in [2.75, 3.05) is 32.8 Å². The summed E-state index contributed by atoms with van der Waals surface area (Å²) >= 11 is 1.89. The number of nitrogens with one attached hydrogen (secondary N) is 1. The van der Waals surface area contributed by atoms with Crippen LogP contribution in [0.4, 0.5) is 0 Å². The second kappa shape index (κ2) is 6.31. The third kappa shape index (κ3) is 3.99. The Labute approximate surface area is 119 Å². The maximum atomic E-state index is 5.37. The van der Waals surface area contributed by atoms with Crippen molar-refractivity contribution in [3.05, 3.63) is 15.6 Å². The minimum absolute atomic E-state index is 0.776. The molecule has 0 radical (unpaired) electrons. The molecule has 2 heterocycles. The van der Waals surface area contributed by atoms with Crippen LogP contribution in [0.15, 0.2) is 0 Å². The van der Waals surface area contributed by atoms with Gasteiger partial charge in [-0.15, -0.1) is 11.3 Å².